The van der Waals surface area contributed by atoms with E-state index >= 15 is 0 Å². The van der Waals surface area contributed by atoms with Crippen molar-refractivity contribution in [2.24, 2.45) is 0 Å². The van der Waals surface area contributed by atoms with Gasteiger partial charge in [-0.05, 0) is 31.1 Å². The van der Waals surface area contributed by atoms with E-state index in [4.69, 9.17) is 21.7 Å². The number of fused-ring (bicyclic) bond motifs is 2. The first-order chi connectivity index (χ1) is 10.1. The van der Waals surface area contributed by atoms with Crippen LogP contribution in [0, 0.1) is 4.77 Å². The van der Waals surface area contributed by atoms with Gasteiger partial charge in [0.05, 0.1) is 10.9 Å². The summed E-state index contributed by atoms with van der Waals surface area (Å²) in [4.78, 5) is 25.8. The lowest BCUT2D eigenvalue weighted by Crippen LogP contribution is -2.25. The summed E-state index contributed by atoms with van der Waals surface area (Å²) < 4.78 is 12.1. The first kappa shape index (κ1) is 13.6. The molecule has 1 N–H and O–H groups in total. The van der Waals surface area contributed by atoms with Gasteiger partial charge in [-0.2, -0.15) is 0 Å². The lowest BCUT2D eigenvalue weighted by Gasteiger charge is -2.09. The topological polar surface area (TPSA) is 96.4 Å². The summed E-state index contributed by atoms with van der Waals surface area (Å²) in [5, 5.41) is 10.9. The molecule has 21 heavy (non-hydrogen) atoms. The molecule has 0 atom stereocenters. The number of carboxylic acid groups (broad SMARTS) is 1. The number of aromatic amines is 1. The van der Waals surface area contributed by atoms with Crippen LogP contribution in [0.25, 0.3) is 10.9 Å². The average Bonchev–Trinajstić information content (AvgIpc) is 2.87. The number of carbonyl (C=O) groups is 1. The lowest BCUT2D eigenvalue weighted by atomic mass is 10.2. The Morgan fingerprint density at radius 1 is 1.38 bits per heavy atom. The van der Waals surface area contributed by atoms with Gasteiger partial charge in [0, 0.05) is 18.6 Å². The van der Waals surface area contributed by atoms with Crippen LogP contribution in [0.3, 0.4) is 0 Å². The van der Waals surface area contributed by atoms with E-state index < -0.39 is 5.97 Å². The van der Waals surface area contributed by atoms with Crippen LogP contribution in [0.2, 0.25) is 0 Å². The zero-order valence-corrected chi connectivity index (χ0v) is 11.7. The SMILES string of the molecule is O=C([O-])CCCn1c(=S)[nH]c2cc3c(cc2c1=O)OCO3. The average molecular weight is 307 g/mol. The molecule has 7 nitrogen and oxygen atoms in total. The largest absolute Gasteiger partial charge is 0.550 e. The first-order valence-electron chi connectivity index (χ1n) is 6.32. The predicted molar refractivity (Wildman–Crippen MR) is 73.8 cm³/mol. The molecule has 1 aliphatic heterocycles. The molecule has 0 saturated carbocycles. The van der Waals surface area contributed by atoms with Gasteiger partial charge in [-0.3, -0.25) is 9.36 Å². The van der Waals surface area contributed by atoms with Crippen molar-refractivity contribution in [3.05, 3.63) is 27.3 Å². The second-order valence-electron chi connectivity index (χ2n) is 4.61. The Hall–Kier alpha value is -2.35. The number of carboxylic acids is 1. The van der Waals surface area contributed by atoms with Crippen molar-refractivity contribution in [1.82, 2.24) is 9.55 Å². The lowest BCUT2D eigenvalue weighted by molar-refractivity contribution is -0.305. The number of aromatic nitrogens is 2. The summed E-state index contributed by atoms with van der Waals surface area (Å²) in [6.07, 6.45) is 0.149. The van der Waals surface area contributed by atoms with Crippen LogP contribution >= 0.6 is 12.2 Å². The zero-order chi connectivity index (χ0) is 15.0. The maximum atomic E-state index is 12.4. The van der Waals surface area contributed by atoms with Gasteiger partial charge >= 0.3 is 0 Å². The predicted octanol–water partition coefficient (Wildman–Crippen LogP) is 0.318. The van der Waals surface area contributed by atoms with Crippen molar-refractivity contribution in [3.8, 4) is 11.5 Å². The van der Waals surface area contributed by atoms with Crippen molar-refractivity contribution in [2.75, 3.05) is 6.79 Å². The Bertz CT molecular complexity index is 839. The van der Waals surface area contributed by atoms with Crippen LogP contribution in [0.4, 0.5) is 0 Å². The zero-order valence-electron chi connectivity index (χ0n) is 10.9. The minimum Gasteiger partial charge on any atom is -0.550 e. The van der Waals surface area contributed by atoms with Crippen molar-refractivity contribution < 1.29 is 19.4 Å². The molecule has 0 spiro atoms. The number of nitrogens with one attached hydrogen (secondary N) is 1. The third kappa shape index (κ3) is 2.49. The van der Waals surface area contributed by atoms with Crippen LogP contribution in [0.5, 0.6) is 11.5 Å². The number of carbonyl (C=O) groups excluding carboxylic acids is 1. The maximum Gasteiger partial charge on any atom is 0.262 e. The molecule has 110 valence electrons. The van der Waals surface area contributed by atoms with Gasteiger partial charge in [0.25, 0.3) is 5.56 Å². The molecule has 3 rings (SSSR count). The van der Waals surface area contributed by atoms with Gasteiger partial charge in [0.2, 0.25) is 6.79 Å². The molecule has 0 saturated heterocycles. The molecule has 0 radical (unpaired) electrons. The minimum absolute atomic E-state index is 0.117. The summed E-state index contributed by atoms with van der Waals surface area (Å²) in [7, 11) is 0. The number of nitrogens with zero attached hydrogens (tertiary/aromatic N) is 1. The van der Waals surface area contributed by atoms with E-state index in [9.17, 15) is 14.7 Å². The van der Waals surface area contributed by atoms with Gasteiger partial charge in [-0.15, -0.1) is 0 Å². The van der Waals surface area contributed by atoms with Gasteiger partial charge < -0.3 is 24.4 Å². The minimum atomic E-state index is -1.15. The number of rotatable bonds is 4. The number of aliphatic carboxylic acids is 1. The number of benzene rings is 1. The van der Waals surface area contributed by atoms with E-state index in [-0.39, 0.29) is 36.5 Å². The van der Waals surface area contributed by atoms with Crippen LogP contribution in [0.15, 0.2) is 16.9 Å². The molecule has 2 aromatic rings. The fourth-order valence-corrected chi connectivity index (χ4v) is 2.51. The fourth-order valence-electron chi connectivity index (χ4n) is 2.23. The van der Waals surface area contributed by atoms with E-state index in [0.717, 1.165) is 0 Å². The van der Waals surface area contributed by atoms with Gasteiger partial charge in [-0.1, -0.05) is 0 Å². The normalized spacial score (nSPS) is 12.8. The molecule has 8 heteroatoms. The van der Waals surface area contributed by atoms with E-state index in [1.165, 1.54) is 4.57 Å². The maximum absolute atomic E-state index is 12.4. The standard InChI is InChI=1S/C13H12N2O5S/c16-11(17)2-1-3-15-12(18)7-4-9-10(20-6-19-9)5-8(7)14-13(15)21/h4-5H,1-3,6H2,(H,14,21)(H,16,17)/p-1. The second kappa shape index (κ2) is 5.21. The molecule has 0 aliphatic carbocycles. The Balaban J connectivity index is 2.06. The molecular weight excluding hydrogens is 296 g/mol. The molecular formula is C13H11N2O5S-. The van der Waals surface area contributed by atoms with Crippen molar-refractivity contribution in [3.63, 3.8) is 0 Å². The molecule has 0 bridgehead atoms. The van der Waals surface area contributed by atoms with Gasteiger partial charge in [0.1, 0.15) is 0 Å². The van der Waals surface area contributed by atoms with E-state index in [0.29, 0.717) is 22.4 Å². The number of H-pyrrole nitrogens is 1. The number of hydrogen-bond donors (Lipinski definition) is 1. The van der Waals surface area contributed by atoms with Gasteiger partial charge in [-0.25, -0.2) is 0 Å². The van der Waals surface area contributed by atoms with Crippen molar-refractivity contribution >= 4 is 29.1 Å². The number of hydrogen-bond acceptors (Lipinski definition) is 6. The van der Waals surface area contributed by atoms with Crippen LogP contribution < -0.4 is 20.1 Å². The summed E-state index contributed by atoms with van der Waals surface area (Å²) in [5.74, 6) is -0.0873. The monoisotopic (exact) mass is 307 g/mol. The van der Waals surface area contributed by atoms with Crippen LogP contribution in [-0.4, -0.2) is 22.3 Å². The fraction of sp³-hybridized carbons (Fsp3) is 0.308. The molecule has 1 aromatic carbocycles. The molecule has 1 aromatic heterocycles. The van der Waals surface area contributed by atoms with E-state index in [2.05, 4.69) is 4.98 Å². The first-order valence-corrected chi connectivity index (χ1v) is 6.73. The molecule has 2 heterocycles. The number of ether oxygens (including phenoxy) is 2. The van der Waals surface area contributed by atoms with Crippen molar-refractivity contribution in [1.29, 1.82) is 0 Å². The van der Waals surface area contributed by atoms with Crippen molar-refractivity contribution in [2.45, 2.75) is 19.4 Å². The second-order valence-corrected chi connectivity index (χ2v) is 5.00. The highest BCUT2D eigenvalue weighted by molar-refractivity contribution is 7.71. The molecule has 1 aliphatic rings. The van der Waals surface area contributed by atoms with E-state index in [1.54, 1.807) is 12.1 Å². The molecule has 0 unspecified atom stereocenters. The third-order valence-electron chi connectivity index (χ3n) is 3.24. The van der Waals surface area contributed by atoms with Crippen LogP contribution in [-0.2, 0) is 11.3 Å². The Morgan fingerprint density at radius 2 is 2.10 bits per heavy atom. The highest BCUT2D eigenvalue weighted by Gasteiger charge is 2.16. The summed E-state index contributed by atoms with van der Waals surface area (Å²) in [6, 6.07) is 3.26. The quantitative estimate of drug-likeness (QED) is 0.817. The van der Waals surface area contributed by atoms with Crippen LogP contribution in [0.1, 0.15) is 12.8 Å². The Morgan fingerprint density at radius 3 is 2.81 bits per heavy atom. The van der Waals surface area contributed by atoms with Gasteiger partial charge in [0.15, 0.2) is 16.3 Å². The highest BCUT2D eigenvalue weighted by atomic mass is 32.1. The molecule has 0 fully saturated rings. The molecule has 0 amide bonds. The Kier molecular flexibility index (Phi) is 3.38. The summed E-state index contributed by atoms with van der Waals surface area (Å²) >= 11 is 5.15. The third-order valence-corrected chi connectivity index (χ3v) is 3.56. The van der Waals surface area contributed by atoms with E-state index in [1.807, 2.05) is 0 Å². The Labute approximate surface area is 123 Å². The summed E-state index contributed by atoms with van der Waals surface area (Å²) in [5.41, 5.74) is 0.274. The summed E-state index contributed by atoms with van der Waals surface area (Å²) in [6.45, 7) is 0.332. The smallest absolute Gasteiger partial charge is 0.262 e. The highest BCUT2D eigenvalue weighted by Crippen LogP contribution is 2.34.